The van der Waals surface area contributed by atoms with Gasteiger partial charge in [0, 0.05) is 12.2 Å². The third-order valence-electron chi connectivity index (χ3n) is 3.92. The van der Waals surface area contributed by atoms with Crippen LogP contribution in [0.3, 0.4) is 0 Å². The molecule has 0 aromatic carbocycles. The summed E-state index contributed by atoms with van der Waals surface area (Å²) in [6.07, 6.45) is 3.98. The van der Waals surface area contributed by atoms with Crippen molar-refractivity contribution < 1.29 is 14.3 Å². The lowest BCUT2D eigenvalue weighted by atomic mass is 10.2. The van der Waals surface area contributed by atoms with E-state index in [0.29, 0.717) is 27.2 Å². The molecule has 0 aliphatic heterocycles. The van der Waals surface area contributed by atoms with Crippen LogP contribution < -0.4 is 5.32 Å². The van der Waals surface area contributed by atoms with Gasteiger partial charge in [0.2, 0.25) is 0 Å². The van der Waals surface area contributed by atoms with Crippen LogP contribution in [0.15, 0.2) is 24.4 Å². The lowest BCUT2D eigenvalue weighted by molar-refractivity contribution is -0.124. The molecular weight excluding hydrogens is 326 g/mol. The number of rotatable bonds is 6. The number of esters is 1. The number of pyridine rings is 1. The minimum atomic E-state index is -0.526. The summed E-state index contributed by atoms with van der Waals surface area (Å²) in [6.45, 7) is 3.45. The molecule has 2 aromatic rings. The molecule has 3 rings (SSSR count). The van der Waals surface area contributed by atoms with Crippen molar-refractivity contribution >= 4 is 23.2 Å². The van der Waals surface area contributed by atoms with Gasteiger partial charge >= 0.3 is 5.97 Å². The van der Waals surface area contributed by atoms with Crippen LogP contribution in [0.25, 0.3) is 10.7 Å². The van der Waals surface area contributed by atoms with Crippen LogP contribution in [-0.4, -0.2) is 34.5 Å². The molecule has 126 valence electrons. The van der Waals surface area contributed by atoms with Gasteiger partial charge in [-0.2, -0.15) is 0 Å². The highest BCUT2D eigenvalue weighted by Gasteiger charge is 2.29. The van der Waals surface area contributed by atoms with E-state index in [-0.39, 0.29) is 18.6 Å². The normalized spacial score (nSPS) is 14.9. The second-order valence-corrected chi connectivity index (χ2v) is 6.92. The molecule has 1 amide bonds. The minimum Gasteiger partial charge on any atom is -0.451 e. The van der Waals surface area contributed by atoms with Gasteiger partial charge in [0.25, 0.3) is 5.91 Å². The third kappa shape index (κ3) is 3.97. The molecule has 1 saturated carbocycles. The number of aromatic nitrogens is 2. The largest absolute Gasteiger partial charge is 0.451 e. The topological polar surface area (TPSA) is 81.2 Å². The zero-order chi connectivity index (χ0) is 17.1. The summed E-state index contributed by atoms with van der Waals surface area (Å²) >= 11 is 1.22. The Labute approximate surface area is 144 Å². The maximum atomic E-state index is 12.2. The second kappa shape index (κ2) is 7.09. The highest BCUT2D eigenvalue weighted by Crippen LogP contribution is 2.32. The zero-order valence-electron chi connectivity index (χ0n) is 13.6. The summed E-state index contributed by atoms with van der Waals surface area (Å²) < 4.78 is 5.12. The number of amides is 1. The van der Waals surface area contributed by atoms with Gasteiger partial charge in [0.1, 0.15) is 9.88 Å². The number of nitrogens with zero attached hydrogens (tertiary/aromatic N) is 2. The molecule has 1 N–H and O–H groups in total. The molecule has 1 atom stereocenters. The number of nitrogens with one attached hydrogen (secondary N) is 1. The summed E-state index contributed by atoms with van der Waals surface area (Å²) in [5.41, 5.74) is 1.29. The van der Waals surface area contributed by atoms with Crippen LogP contribution in [0.1, 0.15) is 35.1 Å². The first-order valence-electron chi connectivity index (χ1n) is 7.90. The Hall–Kier alpha value is -2.28. The van der Waals surface area contributed by atoms with Crippen molar-refractivity contribution in [3.8, 4) is 10.7 Å². The van der Waals surface area contributed by atoms with Crippen molar-refractivity contribution in [1.29, 1.82) is 0 Å². The van der Waals surface area contributed by atoms with Crippen LogP contribution >= 0.6 is 11.3 Å². The van der Waals surface area contributed by atoms with E-state index in [2.05, 4.69) is 15.3 Å². The molecule has 0 spiro atoms. The van der Waals surface area contributed by atoms with E-state index in [0.717, 1.165) is 12.8 Å². The SMILES string of the molecule is Cc1nc(-c2ccccn2)sc1C(=O)OCC(=O)N[C@H](C)C1CC1. The molecule has 1 fully saturated rings. The zero-order valence-corrected chi connectivity index (χ0v) is 14.4. The minimum absolute atomic E-state index is 0.136. The molecule has 2 heterocycles. The summed E-state index contributed by atoms with van der Waals surface area (Å²) in [5.74, 6) is -0.231. The highest BCUT2D eigenvalue weighted by molar-refractivity contribution is 7.17. The molecule has 1 aliphatic carbocycles. The maximum absolute atomic E-state index is 12.2. The van der Waals surface area contributed by atoms with Gasteiger partial charge in [-0.1, -0.05) is 6.07 Å². The van der Waals surface area contributed by atoms with Crippen LogP contribution in [0, 0.1) is 12.8 Å². The van der Waals surface area contributed by atoms with Crippen LogP contribution in [-0.2, 0) is 9.53 Å². The van der Waals surface area contributed by atoms with Crippen molar-refractivity contribution in [2.24, 2.45) is 5.92 Å². The highest BCUT2D eigenvalue weighted by atomic mass is 32.1. The summed E-state index contributed by atoms with van der Waals surface area (Å²) in [5, 5.41) is 3.52. The molecule has 24 heavy (non-hydrogen) atoms. The number of carbonyl (C=O) groups is 2. The van der Waals surface area contributed by atoms with E-state index in [1.807, 2.05) is 25.1 Å². The molecule has 0 bridgehead atoms. The first kappa shape index (κ1) is 16.6. The molecule has 1 aliphatic rings. The van der Waals surface area contributed by atoms with Crippen molar-refractivity contribution in [2.75, 3.05) is 6.61 Å². The average Bonchev–Trinajstić information content (AvgIpc) is 3.36. The van der Waals surface area contributed by atoms with Crippen LogP contribution in [0.4, 0.5) is 0 Å². The number of thiazole rings is 1. The van der Waals surface area contributed by atoms with E-state index in [1.165, 1.54) is 11.3 Å². The summed E-state index contributed by atoms with van der Waals surface area (Å²) in [4.78, 5) is 33.0. The van der Waals surface area contributed by atoms with Gasteiger partial charge in [-0.05, 0) is 44.7 Å². The summed E-state index contributed by atoms with van der Waals surface area (Å²) in [6, 6.07) is 5.65. The smallest absolute Gasteiger partial charge is 0.350 e. The summed E-state index contributed by atoms with van der Waals surface area (Å²) in [7, 11) is 0. The van der Waals surface area contributed by atoms with Gasteiger partial charge in [0.15, 0.2) is 6.61 Å². The van der Waals surface area contributed by atoms with E-state index >= 15 is 0 Å². The predicted molar refractivity (Wildman–Crippen MR) is 90.7 cm³/mol. The van der Waals surface area contributed by atoms with Crippen LogP contribution in [0.2, 0.25) is 0 Å². The first-order chi connectivity index (χ1) is 11.5. The van der Waals surface area contributed by atoms with Gasteiger partial charge in [-0.25, -0.2) is 9.78 Å². The number of hydrogen-bond acceptors (Lipinski definition) is 6. The predicted octanol–water partition coefficient (Wildman–Crippen LogP) is 2.59. The first-order valence-corrected chi connectivity index (χ1v) is 8.71. The maximum Gasteiger partial charge on any atom is 0.350 e. The lowest BCUT2D eigenvalue weighted by Gasteiger charge is -2.12. The van der Waals surface area contributed by atoms with Gasteiger partial charge < -0.3 is 10.1 Å². The van der Waals surface area contributed by atoms with Gasteiger partial charge in [0.05, 0.1) is 11.4 Å². The Morgan fingerprint density at radius 2 is 2.21 bits per heavy atom. The fraction of sp³-hybridized carbons (Fsp3) is 0.412. The number of ether oxygens (including phenoxy) is 1. The van der Waals surface area contributed by atoms with E-state index in [1.54, 1.807) is 13.1 Å². The third-order valence-corrected chi connectivity index (χ3v) is 5.08. The number of hydrogen-bond donors (Lipinski definition) is 1. The van der Waals surface area contributed by atoms with Gasteiger partial charge in [-0.3, -0.25) is 9.78 Å². The fourth-order valence-corrected chi connectivity index (χ4v) is 3.33. The monoisotopic (exact) mass is 345 g/mol. The molecule has 0 radical (unpaired) electrons. The van der Waals surface area contributed by atoms with Crippen LogP contribution in [0.5, 0.6) is 0 Å². The second-order valence-electron chi connectivity index (χ2n) is 5.92. The Morgan fingerprint density at radius 1 is 1.42 bits per heavy atom. The molecule has 0 unspecified atom stereocenters. The number of carbonyl (C=O) groups excluding carboxylic acids is 2. The lowest BCUT2D eigenvalue weighted by Crippen LogP contribution is -2.37. The Morgan fingerprint density at radius 3 is 2.88 bits per heavy atom. The van der Waals surface area contributed by atoms with Crippen molar-refractivity contribution in [3.63, 3.8) is 0 Å². The average molecular weight is 345 g/mol. The Bertz CT molecular complexity index is 741. The molecule has 7 heteroatoms. The van der Waals surface area contributed by atoms with E-state index in [4.69, 9.17) is 4.74 Å². The van der Waals surface area contributed by atoms with Gasteiger partial charge in [-0.15, -0.1) is 11.3 Å². The quantitative estimate of drug-likeness (QED) is 0.814. The van der Waals surface area contributed by atoms with Crippen molar-refractivity contribution in [1.82, 2.24) is 15.3 Å². The van der Waals surface area contributed by atoms with Crippen molar-refractivity contribution in [2.45, 2.75) is 32.7 Å². The van der Waals surface area contributed by atoms with E-state index < -0.39 is 5.97 Å². The molecule has 6 nitrogen and oxygen atoms in total. The van der Waals surface area contributed by atoms with Crippen molar-refractivity contribution in [3.05, 3.63) is 35.0 Å². The number of aryl methyl sites for hydroxylation is 1. The molecule has 0 saturated heterocycles. The Kier molecular flexibility index (Phi) is 4.89. The standard InChI is InChI=1S/C17H19N3O3S/c1-10(12-6-7-12)19-14(21)9-23-17(22)15-11(2)20-16(24-15)13-5-3-4-8-18-13/h3-5,8,10,12H,6-7,9H2,1-2H3,(H,19,21)/t10-/m1/s1. The molecule has 2 aromatic heterocycles. The molecular formula is C17H19N3O3S. The fourth-order valence-electron chi connectivity index (χ4n) is 2.39. The Balaban J connectivity index is 1.59. The van der Waals surface area contributed by atoms with E-state index in [9.17, 15) is 9.59 Å².